The van der Waals surface area contributed by atoms with E-state index in [0.29, 0.717) is 19.3 Å². The van der Waals surface area contributed by atoms with Crippen molar-refractivity contribution in [3.05, 3.63) is 0 Å². The summed E-state index contributed by atoms with van der Waals surface area (Å²) in [5.74, 6) is 1.45. The number of aliphatic carboxylic acids is 3. The molecule has 0 radical (unpaired) electrons. The van der Waals surface area contributed by atoms with Gasteiger partial charge in [-0.2, -0.15) is 12.6 Å². The zero-order chi connectivity index (χ0) is 29.2. The normalized spacial score (nSPS) is 10.7. The molecule has 6 nitrogen and oxygen atoms in total. The molecule has 0 saturated heterocycles. The topological polar surface area (TPSA) is 112 Å². The molecule has 9 heteroatoms. The van der Waals surface area contributed by atoms with Crippen LogP contribution in [0.1, 0.15) is 154 Å². The van der Waals surface area contributed by atoms with Crippen molar-refractivity contribution in [1.29, 1.82) is 0 Å². The highest BCUT2D eigenvalue weighted by Crippen LogP contribution is 2.25. The standard InChI is InChI=1S/C20H38O4S2.C10H20O2S/c21-19(22)15-11-7-3-1-5-9-13-17-25-26-18-14-10-6-2-4-8-12-16-20(23)24;11-10(12)8-6-4-2-1-3-5-7-9-13/h1-18H2,(H,21,22)(H,23,24);13H,1-9H2,(H,11,12). The number of carbonyl (C=O) groups is 3. The fourth-order valence-electron chi connectivity index (χ4n) is 4.03. The smallest absolute Gasteiger partial charge is 0.303 e. The van der Waals surface area contributed by atoms with Crippen LogP contribution in [0.15, 0.2) is 0 Å². The van der Waals surface area contributed by atoms with E-state index >= 15 is 0 Å². The monoisotopic (exact) mass is 610 g/mol. The van der Waals surface area contributed by atoms with Crippen LogP contribution in [0.2, 0.25) is 0 Å². The lowest BCUT2D eigenvalue weighted by atomic mass is 10.1. The highest BCUT2D eigenvalue weighted by atomic mass is 33.1. The van der Waals surface area contributed by atoms with Crippen LogP contribution < -0.4 is 0 Å². The van der Waals surface area contributed by atoms with Gasteiger partial charge in [-0.25, -0.2) is 0 Å². The van der Waals surface area contributed by atoms with Crippen LogP contribution in [0, 0.1) is 0 Å². The Morgan fingerprint density at radius 3 is 0.872 bits per heavy atom. The first kappa shape index (κ1) is 40.6. The molecule has 0 heterocycles. The predicted molar refractivity (Wildman–Crippen MR) is 172 cm³/mol. The fraction of sp³-hybridized carbons (Fsp3) is 0.900. The Bertz CT molecular complexity index is 517. The number of unbranched alkanes of at least 4 members (excludes halogenated alkanes) is 18. The number of thiol groups is 1. The zero-order valence-electron chi connectivity index (χ0n) is 24.4. The Labute approximate surface area is 252 Å². The Kier molecular flexibility index (Phi) is 36.9. The summed E-state index contributed by atoms with van der Waals surface area (Å²) in [5.41, 5.74) is 0. The van der Waals surface area contributed by atoms with E-state index in [2.05, 4.69) is 12.6 Å². The van der Waals surface area contributed by atoms with E-state index in [0.717, 1.165) is 44.3 Å². The first-order valence-electron chi connectivity index (χ1n) is 15.4. The van der Waals surface area contributed by atoms with Crippen molar-refractivity contribution in [2.45, 2.75) is 154 Å². The molecule has 0 rings (SSSR count). The molecule has 39 heavy (non-hydrogen) atoms. The van der Waals surface area contributed by atoms with Crippen molar-refractivity contribution < 1.29 is 29.7 Å². The maximum Gasteiger partial charge on any atom is 0.303 e. The Morgan fingerprint density at radius 2 is 0.615 bits per heavy atom. The SMILES string of the molecule is O=C(O)CCCCCCCCCS.O=C(O)CCCCCCCCCSSCCCCCCCCCC(=O)O. The van der Waals surface area contributed by atoms with E-state index in [-0.39, 0.29) is 0 Å². The first-order chi connectivity index (χ1) is 18.9. The van der Waals surface area contributed by atoms with Crippen molar-refractivity contribution in [2.24, 2.45) is 0 Å². The van der Waals surface area contributed by atoms with Gasteiger partial charge in [-0.05, 0) is 44.3 Å². The molecule has 0 amide bonds. The molecule has 0 aliphatic carbocycles. The summed E-state index contributed by atoms with van der Waals surface area (Å²) < 4.78 is 0. The van der Waals surface area contributed by atoms with Crippen LogP contribution in [0.25, 0.3) is 0 Å². The second-order valence-corrected chi connectivity index (χ2v) is 13.4. The van der Waals surface area contributed by atoms with Gasteiger partial charge >= 0.3 is 17.9 Å². The van der Waals surface area contributed by atoms with Crippen molar-refractivity contribution in [3.63, 3.8) is 0 Å². The third-order valence-electron chi connectivity index (χ3n) is 6.37. The molecule has 0 spiro atoms. The Balaban J connectivity index is 0. The van der Waals surface area contributed by atoms with Gasteiger partial charge in [-0.1, -0.05) is 118 Å². The largest absolute Gasteiger partial charge is 0.481 e. The molecule has 0 atom stereocenters. The van der Waals surface area contributed by atoms with Crippen LogP contribution in [0.5, 0.6) is 0 Å². The van der Waals surface area contributed by atoms with Gasteiger partial charge in [-0.15, -0.1) is 0 Å². The molecular weight excluding hydrogens is 553 g/mol. The Morgan fingerprint density at radius 1 is 0.385 bits per heavy atom. The van der Waals surface area contributed by atoms with Crippen LogP contribution in [-0.2, 0) is 14.4 Å². The summed E-state index contributed by atoms with van der Waals surface area (Å²) in [6.07, 6.45) is 25.4. The molecule has 232 valence electrons. The van der Waals surface area contributed by atoms with Crippen LogP contribution in [-0.4, -0.2) is 50.5 Å². The van der Waals surface area contributed by atoms with Gasteiger partial charge in [-0.3, -0.25) is 14.4 Å². The molecule has 0 bridgehead atoms. The molecule has 0 aromatic heterocycles. The number of carboxylic acid groups (broad SMARTS) is 3. The van der Waals surface area contributed by atoms with Gasteiger partial charge in [0.05, 0.1) is 0 Å². The highest BCUT2D eigenvalue weighted by molar-refractivity contribution is 8.76. The minimum absolute atomic E-state index is 0.320. The molecule has 0 aliphatic rings. The van der Waals surface area contributed by atoms with E-state index in [9.17, 15) is 14.4 Å². The first-order valence-corrected chi connectivity index (χ1v) is 18.5. The number of hydrogen-bond acceptors (Lipinski definition) is 6. The minimum Gasteiger partial charge on any atom is -0.481 e. The lowest BCUT2D eigenvalue weighted by Crippen LogP contribution is -1.93. The second-order valence-electron chi connectivity index (χ2n) is 10.2. The summed E-state index contributed by atoms with van der Waals surface area (Å²) >= 11 is 4.14. The summed E-state index contributed by atoms with van der Waals surface area (Å²) in [5, 5.41) is 25.5. The van der Waals surface area contributed by atoms with E-state index in [1.807, 2.05) is 21.6 Å². The maximum atomic E-state index is 10.4. The van der Waals surface area contributed by atoms with E-state index in [4.69, 9.17) is 15.3 Å². The third kappa shape index (κ3) is 44.7. The van der Waals surface area contributed by atoms with Crippen molar-refractivity contribution in [2.75, 3.05) is 17.3 Å². The minimum atomic E-state index is -0.674. The van der Waals surface area contributed by atoms with Crippen molar-refractivity contribution in [3.8, 4) is 0 Å². The van der Waals surface area contributed by atoms with E-state index in [1.54, 1.807) is 0 Å². The third-order valence-corrected chi connectivity index (χ3v) is 9.26. The van der Waals surface area contributed by atoms with E-state index < -0.39 is 17.9 Å². The summed E-state index contributed by atoms with van der Waals surface area (Å²) in [6, 6.07) is 0. The highest BCUT2D eigenvalue weighted by Gasteiger charge is 1.99. The van der Waals surface area contributed by atoms with E-state index in [1.165, 1.54) is 108 Å². The molecule has 0 saturated carbocycles. The van der Waals surface area contributed by atoms with Gasteiger partial charge in [0.1, 0.15) is 0 Å². The zero-order valence-corrected chi connectivity index (χ0v) is 26.9. The number of rotatable bonds is 30. The molecule has 0 aliphatic heterocycles. The van der Waals surface area contributed by atoms with Crippen molar-refractivity contribution in [1.82, 2.24) is 0 Å². The van der Waals surface area contributed by atoms with Crippen molar-refractivity contribution >= 4 is 52.1 Å². The number of hydrogen-bond donors (Lipinski definition) is 4. The molecular formula is C30H58O6S3. The molecule has 3 N–H and O–H groups in total. The van der Waals surface area contributed by atoms with Gasteiger partial charge in [0, 0.05) is 30.8 Å². The number of carboxylic acids is 3. The van der Waals surface area contributed by atoms with Crippen LogP contribution >= 0.6 is 34.2 Å². The molecule has 0 fully saturated rings. The average Bonchev–Trinajstić information content (AvgIpc) is 2.89. The van der Waals surface area contributed by atoms with Gasteiger partial charge in [0.2, 0.25) is 0 Å². The quantitative estimate of drug-likeness (QED) is 0.0361. The maximum absolute atomic E-state index is 10.4. The van der Waals surface area contributed by atoms with Crippen LogP contribution in [0.3, 0.4) is 0 Å². The fourth-order valence-corrected chi connectivity index (χ4v) is 6.55. The second kappa shape index (κ2) is 35.5. The predicted octanol–water partition coefficient (Wildman–Crippen LogP) is 9.90. The average molecular weight is 611 g/mol. The van der Waals surface area contributed by atoms with Gasteiger partial charge in [0.15, 0.2) is 0 Å². The molecule has 0 aromatic rings. The molecule has 0 unspecified atom stereocenters. The summed E-state index contributed by atoms with van der Waals surface area (Å²) in [7, 11) is 4.00. The summed E-state index contributed by atoms with van der Waals surface area (Å²) in [4.78, 5) is 30.9. The molecule has 0 aromatic carbocycles. The van der Waals surface area contributed by atoms with Gasteiger partial charge < -0.3 is 15.3 Å². The van der Waals surface area contributed by atoms with Gasteiger partial charge in [0.25, 0.3) is 0 Å². The lowest BCUT2D eigenvalue weighted by Gasteiger charge is -2.03. The van der Waals surface area contributed by atoms with Crippen LogP contribution in [0.4, 0.5) is 0 Å². The Hall–Kier alpha value is -0.540. The summed E-state index contributed by atoms with van der Waals surface area (Å²) in [6.45, 7) is 0. The lowest BCUT2D eigenvalue weighted by molar-refractivity contribution is -0.138.